The Hall–Kier alpha value is -0.830. The molecule has 1 aliphatic heterocycles. The predicted molar refractivity (Wildman–Crippen MR) is 40.0 cm³/mol. The van der Waals surface area contributed by atoms with Gasteiger partial charge in [0.25, 0.3) is 0 Å². The van der Waals surface area contributed by atoms with Crippen LogP contribution in [0.25, 0.3) is 0 Å². The molecule has 0 spiro atoms. The number of carbonyl (C=O) groups excluding carboxylic acids is 1. The monoisotopic (exact) mass is 158 g/mol. The van der Waals surface area contributed by atoms with Gasteiger partial charge < -0.3 is 10.5 Å². The summed E-state index contributed by atoms with van der Waals surface area (Å²) < 4.78 is 0. The van der Waals surface area contributed by atoms with Crippen LogP contribution < -0.4 is 5.73 Å². The van der Waals surface area contributed by atoms with Crippen LogP contribution in [0.2, 0.25) is 0 Å². The van der Waals surface area contributed by atoms with Gasteiger partial charge in [-0.05, 0) is 6.08 Å². The molecule has 0 aromatic heterocycles. The molecule has 1 rings (SSSR count). The smallest absolute Gasteiger partial charge is 0.145 e. The van der Waals surface area contributed by atoms with Crippen LogP contribution in [0.3, 0.4) is 0 Å². The van der Waals surface area contributed by atoms with Crippen LogP contribution in [0.15, 0.2) is 17.3 Å². The third-order valence-corrected chi connectivity index (χ3v) is 1.59. The van der Waals surface area contributed by atoms with E-state index in [1.165, 1.54) is 12.3 Å². The third kappa shape index (κ3) is 1.36. The number of carbonyl (C=O) groups is 1. The lowest BCUT2D eigenvalue weighted by molar-refractivity contribution is -0.109. The lowest BCUT2D eigenvalue weighted by Gasteiger charge is -2.17. The van der Waals surface area contributed by atoms with Crippen molar-refractivity contribution in [1.29, 1.82) is 0 Å². The molecule has 1 heterocycles. The van der Waals surface area contributed by atoms with Crippen molar-refractivity contribution in [2.24, 2.45) is 10.7 Å². The molecule has 1 atom stereocenters. The zero-order valence-corrected chi connectivity index (χ0v) is 6.01. The summed E-state index contributed by atoms with van der Waals surface area (Å²) in [5.74, 6) is 0.393. The molecule has 2 N–H and O–H groups in total. The minimum Gasteiger partial charge on any atom is -0.387 e. The van der Waals surface area contributed by atoms with Crippen molar-refractivity contribution in [2.45, 2.75) is 11.3 Å². The van der Waals surface area contributed by atoms with Crippen molar-refractivity contribution < 1.29 is 4.79 Å². The lowest BCUT2D eigenvalue weighted by Crippen LogP contribution is -2.30. The van der Waals surface area contributed by atoms with E-state index in [4.69, 9.17) is 17.3 Å². The number of amidine groups is 1. The highest BCUT2D eigenvalue weighted by Crippen LogP contribution is 2.21. The normalized spacial score (nSPS) is 31.5. The minimum atomic E-state index is -0.953. The van der Waals surface area contributed by atoms with Gasteiger partial charge in [0.1, 0.15) is 17.0 Å². The molecule has 1 unspecified atom stereocenters. The minimum absolute atomic E-state index is 0.300. The van der Waals surface area contributed by atoms with Crippen molar-refractivity contribution in [3.63, 3.8) is 0 Å². The van der Waals surface area contributed by atoms with E-state index in [0.717, 1.165) is 0 Å². The molecule has 1 aliphatic rings. The van der Waals surface area contributed by atoms with Crippen LogP contribution in [-0.2, 0) is 4.79 Å². The molecule has 0 radical (unpaired) electrons. The molecule has 0 bridgehead atoms. The Morgan fingerprint density at radius 3 is 3.00 bits per heavy atom. The van der Waals surface area contributed by atoms with Gasteiger partial charge in [0, 0.05) is 12.6 Å². The largest absolute Gasteiger partial charge is 0.387 e. The van der Waals surface area contributed by atoms with Gasteiger partial charge in [-0.15, -0.1) is 11.6 Å². The van der Waals surface area contributed by atoms with Crippen molar-refractivity contribution in [1.82, 2.24) is 0 Å². The number of alkyl halides is 1. The highest BCUT2D eigenvalue weighted by Gasteiger charge is 2.26. The molecule has 0 fully saturated rings. The number of allylic oxidation sites excluding steroid dienone is 1. The first kappa shape index (κ1) is 7.28. The van der Waals surface area contributed by atoms with Crippen LogP contribution in [0.4, 0.5) is 0 Å². The molecule has 0 saturated carbocycles. The molecule has 4 heteroatoms. The van der Waals surface area contributed by atoms with Crippen LogP contribution in [0.5, 0.6) is 0 Å². The summed E-state index contributed by atoms with van der Waals surface area (Å²) in [5.41, 5.74) is 5.34. The number of hydrogen-bond donors (Lipinski definition) is 1. The summed E-state index contributed by atoms with van der Waals surface area (Å²) in [7, 11) is 0. The molecular formula is C6H7ClN2O. The summed E-state index contributed by atoms with van der Waals surface area (Å²) in [6.45, 7) is 0. The second-order valence-corrected chi connectivity index (χ2v) is 2.86. The molecular weight excluding hydrogens is 152 g/mol. The van der Waals surface area contributed by atoms with Crippen LogP contribution in [-0.4, -0.2) is 17.0 Å². The van der Waals surface area contributed by atoms with Gasteiger partial charge in [-0.25, -0.2) is 4.99 Å². The molecule has 0 aromatic carbocycles. The Labute approximate surface area is 63.6 Å². The maximum absolute atomic E-state index is 10.3. The van der Waals surface area contributed by atoms with E-state index in [-0.39, 0.29) is 0 Å². The summed E-state index contributed by atoms with van der Waals surface area (Å²) in [4.78, 5) is 13.1. The maximum atomic E-state index is 10.3. The van der Waals surface area contributed by atoms with E-state index in [2.05, 4.69) is 4.99 Å². The maximum Gasteiger partial charge on any atom is 0.145 e. The highest BCUT2D eigenvalue weighted by molar-refractivity contribution is 6.34. The molecule has 54 valence electrons. The topological polar surface area (TPSA) is 55.4 Å². The quantitative estimate of drug-likeness (QED) is 0.445. The fourth-order valence-corrected chi connectivity index (χ4v) is 0.913. The van der Waals surface area contributed by atoms with Gasteiger partial charge in [-0.1, -0.05) is 0 Å². The molecule has 0 aromatic rings. The molecule has 3 nitrogen and oxygen atoms in total. The average Bonchev–Trinajstić information content (AvgIpc) is 1.88. The molecule has 0 amide bonds. The van der Waals surface area contributed by atoms with Gasteiger partial charge in [0.05, 0.1) is 0 Å². The predicted octanol–water partition coefficient (Wildman–Crippen LogP) is 0.438. The number of aliphatic imine (C=N–C) groups is 1. The molecule has 0 aliphatic carbocycles. The van der Waals surface area contributed by atoms with Crippen LogP contribution in [0.1, 0.15) is 6.42 Å². The zero-order valence-electron chi connectivity index (χ0n) is 5.25. The first-order valence-corrected chi connectivity index (χ1v) is 3.19. The Kier molecular flexibility index (Phi) is 1.76. The average molecular weight is 159 g/mol. The van der Waals surface area contributed by atoms with Crippen LogP contribution >= 0.6 is 11.6 Å². The summed E-state index contributed by atoms with van der Waals surface area (Å²) >= 11 is 5.74. The second kappa shape index (κ2) is 2.42. The van der Waals surface area contributed by atoms with Crippen molar-refractivity contribution in [3.8, 4) is 0 Å². The van der Waals surface area contributed by atoms with E-state index in [0.29, 0.717) is 18.5 Å². The van der Waals surface area contributed by atoms with E-state index in [1.807, 2.05) is 0 Å². The van der Waals surface area contributed by atoms with E-state index in [9.17, 15) is 4.79 Å². The number of hydrogen-bond acceptors (Lipinski definition) is 3. The fourth-order valence-electron chi connectivity index (χ4n) is 0.720. The van der Waals surface area contributed by atoms with Gasteiger partial charge in [-0.3, -0.25) is 0 Å². The Morgan fingerprint density at radius 2 is 2.60 bits per heavy atom. The number of nitrogens with two attached hydrogens (primary N) is 1. The van der Waals surface area contributed by atoms with Gasteiger partial charge in [0.2, 0.25) is 0 Å². The summed E-state index contributed by atoms with van der Waals surface area (Å²) in [5, 5.41) is 0. The van der Waals surface area contributed by atoms with Gasteiger partial charge >= 0.3 is 0 Å². The third-order valence-electron chi connectivity index (χ3n) is 1.24. The Bertz CT molecular complexity index is 212. The highest BCUT2D eigenvalue weighted by atomic mass is 35.5. The molecule has 10 heavy (non-hydrogen) atoms. The number of nitrogens with zero attached hydrogens (tertiary/aromatic N) is 1. The summed E-state index contributed by atoms with van der Waals surface area (Å²) in [6, 6.07) is 0. The van der Waals surface area contributed by atoms with Crippen molar-refractivity contribution >= 4 is 23.7 Å². The number of halogens is 1. The van der Waals surface area contributed by atoms with Gasteiger partial charge in [0.15, 0.2) is 0 Å². The number of rotatable bonds is 1. The van der Waals surface area contributed by atoms with Gasteiger partial charge in [-0.2, -0.15) is 0 Å². The number of aldehydes is 1. The van der Waals surface area contributed by atoms with E-state index < -0.39 is 4.87 Å². The fraction of sp³-hybridized carbons (Fsp3) is 0.333. The summed E-state index contributed by atoms with van der Waals surface area (Å²) in [6.07, 6.45) is 3.93. The molecule has 0 saturated heterocycles. The second-order valence-electron chi connectivity index (χ2n) is 2.16. The van der Waals surface area contributed by atoms with Crippen LogP contribution in [0, 0.1) is 0 Å². The lowest BCUT2D eigenvalue weighted by atomic mass is 10.0. The SMILES string of the molecule is NC1=NC=CC(Cl)(C=O)C1. The zero-order chi connectivity index (χ0) is 7.61. The van der Waals surface area contributed by atoms with E-state index in [1.54, 1.807) is 0 Å². The van der Waals surface area contributed by atoms with Crippen molar-refractivity contribution in [2.75, 3.05) is 0 Å². The first-order valence-electron chi connectivity index (χ1n) is 2.81. The first-order chi connectivity index (χ1) is 4.66. The van der Waals surface area contributed by atoms with Crippen molar-refractivity contribution in [3.05, 3.63) is 12.3 Å². The van der Waals surface area contributed by atoms with E-state index >= 15 is 0 Å². The standard InChI is InChI=1S/C6H7ClN2O/c7-6(4-10)1-2-9-5(8)3-6/h1-2,4H,3H2,(H2,8,9). The Morgan fingerprint density at radius 1 is 1.90 bits per heavy atom. The Balaban J connectivity index is 2.80.